The monoisotopic (exact) mass is 539 g/mol. The van der Waals surface area contributed by atoms with Crippen molar-refractivity contribution in [3.8, 4) is 22.3 Å². The van der Waals surface area contributed by atoms with Crippen LogP contribution in [0.1, 0.15) is 33.4 Å². The second-order valence-corrected chi connectivity index (χ2v) is 11.7. The van der Waals surface area contributed by atoms with E-state index in [1.54, 1.807) is 0 Å². The molecule has 0 amide bonds. The summed E-state index contributed by atoms with van der Waals surface area (Å²) in [6.45, 7) is 1.65. The van der Waals surface area contributed by atoms with Crippen LogP contribution in [0.25, 0.3) is 44.2 Å². The van der Waals surface area contributed by atoms with Crippen molar-refractivity contribution in [1.29, 1.82) is 0 Å². The molecular formula is C40H29NO. The molecule has 0 N–H and O–H groups in total. The van der Waals surface area contributed by atoms with Crippen LogP contribution in [0.15, 0.2) is 132 Å². The maximum Gasteiger partial charge on any atom is 0.137 e. The summed E-state index contributed by atoms with van der Waals surface area (Å²) in [5, 5.41) is 2.37. The van der Waals surface area contributed by atoms with Crippen molar-refractivity contribution in [2.45, 2.75) is 25.9 Å². The van der Waals surface area contributed by atoms with E-state index in [1.807, 2.05) is 0 Å². The lowest BCUT2D eigenvalue weighted by molar-refractivity contribution is 0.668. The average molecular weight is 540 g/mol. The number of hydrogen-bond acceptors (Lipinski definition) is 2. The van der Waals surface area contributed by atoms with Crippen LogP contribution >= 0.6 is 0 Å². The first-order chi connectivity index (χ1) is 20.8. The molecule has 6 aromatic carbocycles. The third kappa shape index (κ3) is 3.58. The summed E-state index contributed by atoms with van der Waals surface area (Å²) in [6.07, 6.45) is 1.98. The molecule has 0 aliphatic heterocycles. The predicted octanol–water partition coefficient (Wildman–Crippen LogP) is 9.94. The molecule has 0 bridgehead atoms. The Labute approximate surface area is 245 Å². The molecule has 200 valence electrons. The SMILES string of the molecule is c1ccc2c(c1)Cc1c(CN(Cc3cccc4c3Cc3ccccc3-4)c3cccc4oc5ccccc5c34)cccc1-2. The zero-order chi connectivity index (χ0) is 27.6. The van der Waals surface area contributed by atoms with Crippen molar-refractivity contribution < 1.29 is 4.42 Å². The molecule has 2 aliphatic rings. The minimum absolute atomic E-state index is 0.826. The van der Waals surface area contributed by atoms with E-state index in [2.05, 4.69) is 132 Å². The fraction of sp³-hybridized carbons (Fsp3) is 0.100. The molecule has 9 rings (SSSR count). The molecule has 2 nitrogen and oxygen atoms in total. The van der Waals surface area contributed by atoms with Gasteiger partial charge in [0.15, 0.2) is 0 Å². The van der Waals surface area contributed by atoms with Crippen LogP contribution in [-0.2, 0) is 25.9 Å². The molecule has 1 heterocycles. The molecule has 0 unspecified atom stereocenters. The minimum atomic E-state index is 0.826. The van der Waals surface area contributed by atoms with Crippen molar-refractivity contribution in [2.75, 3.05) is 4.90 Å². The number of hydrogen-bond donors (Lipinski definition) is 0. The molecule has 2 heteroatoms. The third-order valence-electron chi connectivity index (χ3n) is 9.34. The standard InChI is InChI=1S/C40H29NO/c1-3-14-30-26(10-1)22-35-28(12-7-17-32(30)35)24-41(37-19-9-21-39-40(37)34-16-5-6-20-38(34)42-39)25-29-13-8-18-33-31-15-4-2-11-27(31)23-36(29)33/h1-21H,22-25H2. The summed E-state index contributed by atoms with van der Waals surface area (Å²) in [6, 6.07) is 46.4. The highest BCUT2D eigenvalue weighted by Gasteiger charge is 2.25. The summed E-state index contributed by atoms with van der Waals surface area (Å²) >= 11 is 0. The first-order valence-electron chi connectivity index (χ1n) is 14.8. The fourth-order valence-electron chi connectivity index (χ4n) is 7.40. The van der Waals surface area contributed by atoms with Crippen molar-refractivity contribution in [3.05, 3.63) is 161 Å². The first-order valence-corrected chi connectivity index (χ1v) is 14.8. The van der Waals surface area contributed by atoms with Gasteiger partial charge < -0.3 is 9.32 Å². The topological polar surface area (TPSA) is 16.4 Å². The van der Waals surface area contributed by atoms with Crippen molar-refractivity contribution >= 4 is 27.6 Å². The van der Waals surface area contributed by atoms with Gasteiger partial charge in [0.25, 0.3) is 0 Å². The van der Waals surface area contributed by atoms with E-state index in [9.17, 15) is 0 Å². The van der Waals surface area contributed by atoms with Gasteiger partial charge in [0.1, 0.15) is 11.2 Å². The zero-order valence-corrected chi connectivity index (χ0v) is 23.3. The summed E-state index contributed by atoms with van der Waals surface area (Å²) in [5.41, 5.74) is 17.2. The van der Waals surface area contributed by atoms with Gasteiger partial charge in [-0.3, -0.25) is 0 Å². The molecule has 7 aromatic rings. The second-order valence-electron chi connectivity index (χ2n) is 11.7. The molecule has 0 saturated heterocycles. The highest BCUT2D eigenvalue weighted by Crippen LogP contribution is 2.43. The normalized spacial score (nSPS) is 12.8. The van der Waals surface area contributed by atoms with Gasteiger partial charge in [-0.25, -0.2) is 0 Å². The largest absolute Gasteiger partial charge is 0.456 e. The van der Waals surface area contributed by atoms with E-state index in [-0.39, 0.29) is 0 Å². The van der Waals surface area contributed by atoms with Gasteiger partial charge in [0, 0.05) is 24.2 Å². The van der Waals surface area contributed by atoms with Crippen LogP contribution in [0.3, 0.4) is 0 Å². The smallest absolute Gasteiger partial charge is 0.137 e. The third-order valence-corrected chi connectivity index (χ3v) is 9.34. The molecule has 0 atom stereocenters. The van der Waals surface area contributed by atoms with Gasteiger partial charge in [-0.15, -0.1) is 0 Å². The van der Waals surface area contributed by atoms with Gasteiger partial charge in [-0.05, 0) is 86.7 Å². The Hall–Kier alpha value is -5.08. The van der Waals surface area contributed by atoms with E-state index >= 15 is 0 Å². The molecule has 0 radical (unpaired) electrons. The first kappa shape index (κ1) is 23.6. The van der Waals surface area contributed by atoms with E-state index < -0.39 is 0 Å². The quantitative estimate of drug-likeness (QED) is 0.216. The second kappa shape index (κ2) is 9.22. The fourth-order valence-corrected chi connectivity index (χ4v) is 7.40. The molecule has 0 saturated carbocycles. The molecule has 0 fully saturated rings. The summed E-state index contributed by atoms with van der Waals surface area (Å²) in [4.78, 5) is 2.58. The molecule has 1 aromatic heterocycles. The van der Waals surface area contributed by atoms with E-state index in [1.165, 1.54) is 72.1 Å². The van der Waals surface area contributed by atoms with Gasteiger partial charge in [-0.1, -0.05) is 109 Å². The Kier molecular flexibility index (Phi) is 5.18. The lowest BCUT2D eigenvalue weighted by Gasteiger charge is -2.28. The average Bonchev–Trinajstić information content (AvgIpc) is 3.73. The molecular weight excluding hydrogens is 510 g/mol. The number of para-hydroxylation sites is 1. The van der Waals surface area contributed by atoms with Crippen molar-refractivity contribution in [2.24, 2.45) is 0 Å². The number of nitrogens with zero attached hydrogens (tertiary/aromatic N) is 1. The number of rotatable bonds is 5. The van der Waals surface area contributed by atoms with Gasteiger partial charge >= 0.3 is 0 Å². The van der Waals surface area contributed by atoms with Crippen molar-refractivity contribution in [3.63, 3.8) is 0 Å². The summed E-state index contributed by atoms with van der Waals surface area (Å²) in [5.74, 6) is 0. The summed E-state index contributed by atoms with van der Waals surface area (Å²) in [7, 11) is 0. The minimum Gasteiger partial charge on any atom is -0.456 e. The number of anilines is 1. The lowest BCUT2D eigenvalue weighted by atomic mass is 9.98. The van der Waals surface area contributed by atoms with E-state index in [0.717, 1.165) is 37.1 Å². The predicted molar refractivity (Wildman–Crippen MR) is 173 cm³/mol. The Balaban J connectivity index is 1.20. The van der Waals surface area contributed by atoms with Crippen LogP contribution in [-0.4, -0.2) is 0 Å². The highest BCUT2D eigenvalue weighted by molar-refractivity contribution is 6.11. The van der Waals surface area contributed by atoms with Crippen LogP contribution < -0.4 is 4.90 Å². The van der Waals surface area contributed by atoms with Crippen LogP contribution in [0.5, 0.6) is 0 Å². The van der Waals surface area contributed by atoms with Crippen LogP contribution in [0, 0.1) is 0 Å². The van der Waals surface area contributed by atoms with Gasteiger partial charge in [0.2, 0.25) is 0 Å². The molecule has 0 spiro atoms. The Morgan fingerprint density at radius 3 is 1.67 bits per heavy atom. The van der Waals surface area contributed by atoms with Gasteiger partial charge in [0.05, 0.1) is 5.39 Å². The lowest BCUT2D eigenvalue weighted by Crippen LogP contribution is -2.23. The van der Waals surface area contributed by atoms with E-state index in [0.29, 0.717) is 0 Å². The number of furan rings is 1. The van der Waals surface area contributed by atoms with Crippen molar-refractivity contribution in [1.82, 2.24) is 0 Å². The molecule has 2 aliphatic carbocycles. The Morgan fingerprint density at radius 1 is 0.476 bits per heavy atom. The van der Waals surface area contributed by atoms with E-state index in [4.69, 9.17) is 4.42 Å². The Morgan fingerprint density at radius 2 is 1.00 bits per heavy atom. The maximum absolute atomic E-state index is 6.35. The maximum atomic E-state index is 6.35. The number of fused-ring (bicyclic) bond motifs is 9. The Bertz CT molecular complexity index is 2070. The van der Waals surface area contributed by atoms with Crippen LogP contribution in [0.4, 0.5) is 5.69 Å². The highest BCUT2D eigenvalue weighted by atomic mass is 16.3. The number of benzene rings is 6. The summed E-state index contributed by atoms with van der Waals surface area (Å²) < 4.78 is 6.35. The zero-order valence-electron chi connectivity index (χ0n) is 23.3. The van der Waals surface area contributed by atoms with Crippen LogP contribution in [0.2, 0.25) is 0 Å². The van der Waals surface area contributed by atoms with Gasteiger partial charge in [-0.2, -0.15) is 0 Å². The molecule has 42 heavy (non-hydrogen) atoms.